The Bertz CT molecular complexity index is 558. The van der Waals surface area contributed by atoms with Gasteiger partial charge in [-0.25, -0.2) is 4.39 Å². The molecular formula is C14H14BrFN2O. The maximum Gasteiger partial charge on any atom is 0.131 e. The van der Waals surface area contributed by atoms with Crippen LogP contribution in [0.4, 0.5) is 4.39 Å². The Kier molecular flexibility index (Phi) is 4.50. The Morgan fingerprint density at radius 1 is 1.37 bits per heavy atom. The molecule has 3 nitrogen and oxygen atoms in total. The number of hydrogen-bond acceptors (Lipinski definition) is 3. The van der Waals surface area contributed by atoms with E-state index in [1.807, 2.05) is 12.1 Å². The van der Waals surface area contributed by atoms with E-state index in [1.54, 1.807) is 25.3 Å². The maximum atomic E-state index is 13.7. The van der Waals surface area contributed by atoms with Gasteiger partial charge in [-0.15, -0.1) is 0 Å². The Morgan fingerprint density at radius 2 is 2.16 bits per heavy atom. The van der Waals surface area contributed by atoms with Crippen molar-refractivity contribution in [3.63, 3.8) is 0 Å². The van der Waals surface area contributed by atoms with Gasteiger partial charge in [-0.3, -0.25) is 4.98 Å². The third-order valence-electron chi connectivity index (χ3n) is 2.64. The van der Waals surface area contributed by atoms with Gasteiger partial charge >= 0.3 is 0 Å². The molecule has 0 saturated heterocycles. The molecule has 19 heavy (non-hydrogen) atoms. The lowest BCUT2D eigenvalue weighted by atomic mass is 10.1. The van der Waals surface area contributed by atoms with Crippen molar-refractivity contribution in [3.05, 3.63) is 58.1 Å². The van der Waals surface area contributed by atoms with E-state index in [4.69, 9.17) is 10.5 Å². The van der Waals surface area contributed by atoms with Crippen molar-refractivity contribution in [2.45, 2.75) is 19.6 Å². The van der Waals surface area contributed by atoms with Crippen LogP contribution in [0, 0.1) is 5.82 Å². The third-order valence-corrected chi connectivity index (χ3v) is 3.11. The highest BCUT2D eigenvalue weighted by atomic mass is 79.9. The number of hydrogen-bond donors (Lipinski definition) is 1. The van der Waals surface area contributed by atoms with Crippen molar-refractivity contribution in [2.75, 3.05) is 0 Å². The van der Waals surface area contributed by atoms with Crippen LogP contribution in [0.25, 0.3) is 0 Å². The lowest BCUT2D eigenvalue weighted by molar-refractivity contribution is 0.299. The average molecular weight is 325 g/mol. The van der Waals surface area contributed by atoms with Gasteiger partial charge in [0.2, 0.25) is 0 Å². The summed E-state index contributed by atoms with van der Waals surface area (Å²) in [6, 6.07) is 8.09. The Hall–Kier alpha value is -1.46. The summed E-state index contributed by atoms with van der Waals surface area (Å²) in [6.07, 6.45) is 1.69. The van der Waals surface area contributed by atoms with Crippen LogP contribution < -0.4 is 10.5 Å². The highest BCUT2D eigenvalue weighted by molar-refractivity contribution is 9.10. The molecule has 2 N–H and O–H groups in total. The van der Waals surface area contributed by atoms with E-state index in [1.165, 1.54) is 6.07 Å². The monoisotopic (exact) mass is 324 g/mol. The summed E-state index contributed by atoms with van der Waals surface area (Å²) in [5.41, 5.74) is 6.91. The summed E-state index contributed by atoms with van der Waals surface area (Å²) in [6.45, 7) is 2.04. The zero-order valence-corrected chi connectivity index (χ0v) is 12.0. The molecule has 0 spiro atoms. The molecule has 0 aliphatic carbocycles. The minimum atomic E-state index is -0.351. The van der Waals surface area contributed by atoms with Crippen molar-refractivity contribution in [1.82, 2.24) is 4.98 Å². The third kappa shape index (κ3) is 3.75. The second-order valence-electron chi connectivity index (χ2n) is 4.23. The zero-order valence-electron chi connectivity index (χ0n) is 10.4. The molecule has 0 fully saturated rings. The van der Waals surface area contributed by atoms with Gasteiger partial charge in [0, 0.05) is 28.3 Å². The van der Waals surface area contributed by atoms with Gasteiger partial charge < -0.3 is 10.5 Å². The van der Waals surface area contributed by atoms with E-state index in [9.17, 15) is 4.39 Å². The quantitative estimate of drug-likeness (QED) is 0.935. The van der Waals surface area contributed by atoms with Crippen LogP contribution in [0.1, 0.15) is 24.2 Å². The molecule has 0 aliphatic heterocycles. The molecule has 1 atom stereocenters. The van der Waals surface area contributed by atoms with Crippen LogP contribution in [-0.2, 0) is 6.61 Å². The maximum absolute atomic E-state index is 13.7. The molecule has 0 bridgehead atoms. The highest BCUT2D eigenvalue weighted by Crippen LogP contribution is 2.21. The van der Waals surface area contributed by atoms with Crippen molar-refractivity contribution in [2.24, 2.45) is 5.73 Å². The van der Waals surface area contributed by atoms with E-state index >= 15 is 0 Å². The first kappa shape index (κ1) is 14.0. The minimum absolute atomic E-state index is 0.296. The molecule has 0 unspecified atom stereocenters. The lowest BCUT2D eigenvalue weighted by Crippen LogP contribution is -2.07. The van der Waals surface area contributed by atoms with Crippen LogP contribution in [0.3, 0.4) is 0 Å². The molecule has 1 heterocycles. The van der Waals surface area contributed by atoms with Crippen LogP contribution in [0.5, 0.6) is 5.75 Å². The summed E-state index contributed by atoms with van der Waals surface area (Å²) < 4.78 is 20.1. The van der Waals surface area contributed by atoms with Crippen LogP contribution in [0.2, 0.25) is 0 Å². The molecule has 2 aromatic rings. The standard InChI is InChI=1S/C14H14BrFN2O/c1-9(17)13-5-4-12(6-14(13)16)19-8-11-3-2-10(15)7-18-11/h2-7,9H,8,17H2,1H3/t9-/m0/s1. The van der Waals surface area contributed by atoms with Crippen LogP contribution >= 0.6 is 15.9 Å². The molecule has 0 saturated carbocycles. The number of nitrogens with zero attached hydrogens (tertiary/aromatic N) is 1. The second kappa shape index (κ2) is 6.12. The summed E-state index contributed by atoms with van der Waals surface area (Å²) >= 11 is 3.31. The summed E-state index contributed by atoms with van der Waals surface area (Å²) in [5, 5.41) is 0. The first-order valence-electron chi connectivity index (χ1n) is 5.84. The molecule has 100 valence electrons. The fourth-order valence-corrected chi connectivity index (χ4v) is 1.85. The van der Waals surface area contributed by atoms with Crippen molar-refractivity contribution >= 4 is 15.9 Å². The Morgan fingerprint density at radius 3 is 2.74 bits per heavy atom. The smallest absolute Gasteiger partial charge is 0.131 e. The van der Waals surface area contributed by atoms with Crippen molar-refractivity contribution < 1.29 is 9.13 Å². The molecular weight excluding hydrogens is 311 g/mol. The Labute approximate surface area is 119 Å². The number of halogens is 2. The van der Waals surface area contributed by atoms with E-state index in [-0.39, 0.29) is 11.9 Å². The summed E-state index contributed by atoms with van der Waals surface area (Å²) in [4.78, 5) is 4.18. The predicted molar refractivity (Wildman–Crippen MR) is 75.3 cm³/mol. The summed E-state index contributed by atoms with van der Waals surface area (Å²) in [5.74, 6) is 0.114. The fraction of sp³-hybridized carbons (Fsp3) is 0.214. The van der Waals surface area contributed by atoms with Gasteiger partial charge in [0.05, 0.1) is 5.69 Å². The zero-order chi connectivity index (χ0) is 13.8. The lowest BCUT2D eigenvalue weighted by Gasteiger charge is -2.10. The SMILES string of the molecule is C[C@H](N)c1ccc(OCc2ccc(Br)cn2)cc1F. The van der Waals surface area contributed by atoms with Gasteiger partial charge in [0.25, 0.3) is 0 Å². The number of rotatable bonds is 4. The second-order valence-corrected chi connectivity index (χ2v) is 5.14. The molecule has 1 aromatic heterocycles. The van der Waals surface area contributed by atoms with Crippen molar-refractivity contribution in [1.29, 1.82) is 0 Å². The first-order valence-corrected chi connectivity index (χ1v) is 6.64. The van der Waals surface area contributed by atoms with E-state index in [0.717, 1.165) is 10.2 Å². The summed E-state index contributed by atoms with van der Waals surface area (Å²) in [7, 11) is 0. The van der Waals surface area contributed by atoms with E-state index in [2.05, 4.69) is 20.9 Å². The average Bonchev–Trinajstić information content (AvgIpc) is 2.37. The number of benzene rings is 1. The first-order chi connectivity index (χ1) is 9.06. The largest absolute Gasteiger partial charge is 0.487 e. The van der Waals surface area contributed by atoms with Crippen molar-refractivity contribution in [3.8, 4) is 5.75 Å². The van der Waals surface area contributed by atoms with Gasteiger partial charge in [0.1, 0.15) is 18.2 Å². The molecule has 0 aliphatic rings. The van der Waals surface area contributed by atoms with Gasteiger partial charge in [0.15, 0.2) is 0 Å². The van der Waals surface area contributed by atoms with Gasteiger partial charge in [-0.2, -0.15) is 0 Å². The topological polar surface area (TPSA) is 48.1 Å². The number of aromatic nitrogens is 1. The Balaban J connectivity index is 2.04. The predicted octanol–water partition coefficient (Wildman–Crippen LogP) is 3.58. The number of ether oxygens (including phenoxy) is 1. The van der Waals surface area contributed by atoms with E-state index in [0.29, 0.717) is 17.9 Å². The van der Waals surface area contributed by atoms with Gasteiger partial charge in [-0.05, 0) is 41.1 Å². The molecule has 0 amide bonds. The molecule has 5 heteroatoms. The number of nitrogens with two attached hydrogens (primary N) is 1. The normalized spacial score (nSPS) is 12.2. The van der Waals surface area contributed by atoms with E-state index < -0.39 is 0 Å². The minimum Gasteiger partial charge on any atom is -0.487 e. The fourth-order valence-electron chi connectivity index (χ4n) is 1.62. The van der Waals surface area contributed by atoms with Crippen LogP contribution in [-0.4, -0.2) is 4.98 Å². The molecule has 2 rings (SSSR count). The van der Waals surface area contributed by atoms with Gasteiger partial charge in [-0.1, -0.05) is 6.07 Å². The number of pyridine rings is 1. The van der Waals surface area contributed by atoms with Crippen LogP contribution in [0.15, 0.2) is 41.0 Å². The molecule has 1 aromatic carbocycles. The highest BCUT2D eigenvalue weighted by Gasteiger charge is 2.08. The molecule has 0 radical (unpaired) electrons.